The molecule has 0 bridgehead atoms. The van der Waals surface area contributed by atoms with Crippen molar-refractivity contribution in [2.45, 2.75) is 41.8 Å². The molecule has 1 unspecified atom stereocenters. The molecule has 152 valence electrons. The van der Waals surface area contributed by atoms with E-state index in [1.54, 1.807) is 0 Å². The van der Waals surface area contributed by atoms with Crippen molar-refractivity contribution < 1.29 is 61.9 Å². The summed E-state index contributed by atoms with van der Waals surface area (Å²) in [7, 11) is 0. The van der Waals surface area contributed by atoms with Gasteiger partial charge in [0, 0.05) is 6.54 Å². The number of alkyl halides is 13. The zero-order valence-corrected chi connectivity index (χ0v) is 11.8. The number of hydrogen-bond donors (Lipinski definition) is 0. The quantitative estimate of drug-likeness (QED) is 0.363. The summed E-state index contributed by atoms with van der Waals surface area (Å²) < 4.78 is 167. The van der Waals surface area contributed by atoms with Gasteiger partial charge < -0.3 is 4.90 Å². The number of hydrogen-bond acceptors (Lipinski definition) is 1. The Balaban J connectivity index is 3.36. The summed E-state index contributed by atoms with van der Waals surface area (Å²) in [6.45, 7) is 1.36. The summed E-state index contributed by atoms with van der Waals surface area (Å²) in [6.07, 6.45) is -7.19. The van der Waals surface area contributed by atoms with Crippen LogP contribution in [0.4, 0.5) is 57.1 Å². The van der Waals surface area contributed by atoms with Crippen LogP contribution in [0.5, 0.6) is 0 Å². The predicted molar refractivity (Wildman–Crippen MR) is 56.5 cm³/mol. The third-order valence-corrected chi connectivity index (χ3v) is 3.45. The minimum Gasteiger partial charge on any atom is -0.326 e. The molecule has 0 N–H and O–H groups in total. The van der Waals surface area contributed by atoms with Gasteiger partial charge in [-0.15, -0.1) is 0 Å². The van der Waals surface area contributed by atoms with E-state index in [2.05, 4.69) is 6.58 Å². The van der Waals surface area contributed by atoms with Crippen molar-refractivity contribution >= 4 is 5.91 Å². The van der Waals surface area contributed by atoms with Gasteiger partial charge in [0.05, 0.1) is 0 Å². The molecule has 0 aliphatic carbocycles. The van der Waals surface area contributed by atoms with Crippen LogP contribution < -0.4 is 0 Å². The lowest BCUT2D eigenvalue weighted by atomic mass is 9.92. The maximum absolute atomic E-state index is 13.5. The second kappa shape index (κ2) is 5.65. The van der Waals surface area contributed by atoms with Crippen LogP contribution in [-0.2, 0) is 4.79 Å². The van der Waals surface area contributed by atoms with Crippen LogP contribution in [0.1, 0.15) is 0 Å². The van der Waals surface area contributed by atoms with Crippen molar-refractivity contribution in [3.05, 3.63) is 12.7 Å². The lowest BCUT2D eigenvalue weighted by Gasteiger charge is -2.39. The average molecular weight is 415 g/mol. The molecule has 15 heteroatoms. The van der Waals surface area contributed by atoms with Gasteiger partial charge >= 0.3 is 35.8 Å². The van der Waals surface area contributed by atoms with Crippen molar-refractivity contribution in [3.8, 4) is 0 Å². The number of amides is 1. The van der Waals surface area contributed by atoms with Gasteiger partial charge in [-0.3, -0.25) is 4.79 Å². The molecule has 1 fully saturated rings. The second-order valence-corrected chi connectivity index (χ2v) is 5.13. The molecule has 0 saturated carbocycles. The third kappa shape index (κ3) is 2.69. The fourth-order valence-electron chi connectivity index (χ4n) is 1.80. The topological polar surface area (TPSA) is 20.1 Å². The molecule has 1 aliphatic rings. The first-order chi connectivity index (χ1) is 11.2. The summed E-state index contributed by atoms with van der Waals surface area (Å²) in [5.74, 6) is -38.7. The smallest absolute Gasteiger partial charge is 0.326 e. The van der Waals surface area contributed by atoms with E-state index < -0.39 is 54.3 Å². The highest BCUT2D eigenvalue weighted by atomic mass is 19.4. The Morgan fingerprint density at radius 2 is 1.15 bits per heavy atom. The predicted octanol–water partition coefficient (Wildman–Crippen LogP) is 4.12. The first kappa shape index (κ1) is 22.3. The Morgan fingerprint density at radius 1 is 0.769 bits per heavy atom. The molecule has 1 amide bonds. The van der Waals surface area contributed by atoms with Gasteiger partial charge in [-0.05, 0) is 6.08 Å². The monoisotopic (exact) mass is 415 g/mol. The van der Waals surface area contributed by atoms with Crippen LogP contribution in [-0.4, -0.2) is 59.2 Å². The number of nitrogens with zero attached hydrogens (tertiary/aromatic N) is 1. The van der Waals surface area contributed by atoms with Crippen molar-refractivity contribution in [2.24, 2.45) is 0 Å². The van der Waals surface area contributed by atoms with E-state index in [1.807, 2.05) is 0 Å². The summed E-state index contributed by atoms with van der Waals surface area (Å²) in [4.78, 5) is 10.7. The van der Waals surface area contributed by atoms with E-state index in [4.69, 9.17) is 0 Å². The van der Waals surface area contributed by atoms with Crippen molar-refractivity contribution in [1.29, 1.82) is 0 Å². The van der Waals surface area contributed by atoms with Gasteiger partial charge in [0.15, 0.2) is 0 Å². The summed E-state index contributed by atoms with van der Waals surface area (Å²) in [5.41, 5.74) is 0. The molecule has 1 atom stereocenters. The summed E-state index contributed by atoms with van der Waals surface area (Å²) in [6, 6.07) is -3.14. The normalized spacial score (nSPS) is 20.2. The molecule has 0 radical (unpaired) electrons. The second-order valence-electron chi connectivity index (χ2n) is 5.13. The number of rotatable bonds is 6. The van der Waals surface area contributed by atoms with E-state index in [1.165, 1.54) is 0 Å². The van der Waals surface area contributed by atoms with Crippen LogP contribution in [0, 0.1) is 0 Å². The number of carbonyl (C=O) groups excluding carboxylic acids is 1. The van der Waals surface area contributed by atoms with Crippen LogP contribution in [0.15, 0.2) is 12.7 Å². The standard InChI is InChI=1S/C11H6F13NO/c1-2-5(26)25-3-4(25)6(12,13)7(14,15)8(16,17)9(18,19)10(20,21)11(22,23)24/h2,4H,1,3H2. The molecule has 1 aliphatic heterocycles. The van der Waals surface area contributed by atoms with E-state index in [9.17, 15) is 61.9 Å². The molecular formula is C11H6F13NO. The van der Waals surface area contributed by atoms with Crippen molar-refractivity contribution in [1.82, 2.24) is 4.90 Å². The van der Waals surface area contributed by atoms with Gasteiger partial charge in [0.1, 0.15) is 6.04 Å². The molecule has 1 rings (SSSR count). The first-order valence-electron chi connectivity index (χ1n) is 6.10. The summed E-state index contributed by atoms with van der Waals surface area (Å²) >= 11 is 0. The van der Waals surface area contributed by atoms with E-state index >= 15 is 0 Å². The van der Waals surface area contributed by atoms with Crippen LogP contribution >= 0.6 is 0 Å². The Morgan fingerprint density at radius 3 is 1.50 bits per heavy atom. The van der Waals surface area contributed by atoms with Crippen molar-refractivity contribution in [2.75, 3.05) is 6.54 Å². The lowest BCUT2D eigenvalue weighted by molar-refractivity contribution is -0.440. The summed E-state index contributed by atoms with van der Waals surface area (Å²) in [5, 5.41) is 0. The lowest BCUT2D eigenvalue weighted by Crippen LogP contribution is -2.71. The van der Waals surface area contributed by atoms with Gasteiger partial charge in [0.2, 0.25) is 5.91 Å². The number of carbonyl (C=O) groups is 1. The van der Waals surface area contributed by atoms with E-state index in [-0.39, 0.29) is 11.0 Å². The molecule has 26 heavy (non-hydrogen) atoms. The van der Waals surface area contributed by atoms with Gasteiger partial charge in [-0.25, -0.2) is 0 Å². The van der Waals surface area contributed by atoms with Crippen LogP contribution in [0.25, 0.3) is 0 Å². The maximum atomic E-state index is 13.5. The highest BCUT2D eigenvalue weighted by Crippen LogP contribution is 2.61. The Kier molecular flexibility index (Phi) is 4.85. The highest BCUT2D eigenvalue weighted by Gasteiger charge is 2.92. The zero-order valence-electron chi connectivity index (χ0n) is 11.8. The van der Waals surface area contributed by atoms with E-state index in [0.717, 1.165) is 0 Å². The zero-order chi connectivity index (χ0) is 21.1. The van der Waals surface area contributed by atoms with Gasteiger partial charge in [0.25, 0.3) is 0 Å². The Hall–Kier alpha value is -1.70. The largest absolute Gasteiger partial charge is 0.460 e. The van der Waals surface area contributed by atoms with Crippen molar-refractivity contribution in [3.63, 3.8) is 0 Å². The minimum absolute atomic E-state index is 0.253. The molecule has 0 aromatic carbocycles. The number of halogens is 13. The minimum atomic E-state index is -7.94. The molecule has 1 heterocycles. The average Bonchev–Trinajstić information content (AvgIpc) is 3.25. The molecule has 0 aromatic heterocycles. The fraction of sp³-hybridized carbons (Fsp3) is 0.727. The Bertz CT molecular complexity index is 593. The van der Waals surface area contributed by atoms with Gasteiger partial charge in [-0.2, -0.15) is 57.1 Å². The fourth-order valence-corrected chi connectivity index (χ4v) is 1.80. The van der Waals surface area contributed by atoms with Crippen LogP contribution in [0.2, 0.25) is 0 Å². The van der Waals surface area contributed by atoms with Crippen LogP contribution in [0.3, 0.4) is 0 Å². The SMILES string of the molecule is C=CC(=O)N1CC1C(F)(F)C(F)(F)C(F)(F)C(F)(F)C(F)(F)C(F)(F)F. The van der Waals surface area contributed by atoms with Gasteiger partial charge in [-0.1, -0.05) is 6.58 Å². The van der Waals surface area contributed by atoms with E-state index in [0.29, 0.717) is 0 Å². The maximum Gasteiger partial charge on any atom is 0.460 e. The Labute approximate surface area is 135 Å². The molecule has 2 nitrogen and oxygen atoms in total. The molecule has 0 aromatic rings. The molecule has 1 saturated heterocycles. The molecular weight excluding hydrogens is 409 g/mol. The first-order valence-corrected chi connectivity index (χ1v) is 6.10. The third-order valence-electron chi connectivity index (χ3n) is 3.45. The molecule has 0 spiro atoms. The highest BCUT2D eigenvalue weighted by molar-refractivity contribution is 5.89.